The number of ether oxygens (including phenoxy) is 1. The lowest BCUT2D eigenvalue weighted by Gasteiger charge is -2.21. The van der Waals surface area contributed by atoms with Crippen LogP contribution in [0.5, 0.6) is 5.75 Å². The molecule has 2 nitrogen and oxygen atoms in total. The second-order valence-corrected chi connectivity index (χ2v) is 6.60. The van der Waals surface area contributed by atoms with Gasteiger partial charge in [0.15, 0.2) is 0 Å². The van der Waals surface area contributed by atoms with Crippen molar-refractivity contribution in [3.63, 3.8) is 0 Å². The molecule has 0 aliphatic carbocycles. The molecule has 0 heterocycles. The Morgan fingerprint density at radius 1 is 1.19 bits per heavy atom. The van der Waals surface area contributed by atoms with Gasteiger partial charge >= 0.3 is 0 Å². The molecule has 21 heavy (non-hydrogen) atoms. The molecule has 0 saturated heterocycles. The molecule has 0 fully saturated rings. The quantitative estimate of drug-likeness (QED) is 0.699. The van der Waals surface area contributed by atoms with Crippen LogP contribution in [0, 0.1) is 5.82 Å². The smallest absolute Gasteiger partial charge is 0.138 e. The monoisotopic (exact) mass is 435 g/mol. The molecule has 2 aromatic rings. The number of methoxy groups -OCH3 is 1. The van der Waals surface area contributed by atoms with Gasteiger partial charge in [-0.25, -0.2) is 4.39 Å². The van der Waals surface area contributed by atoms with E-state index >= 15 is 0 Å². The summed E-state index contributed by atoms with van der Waals surface area (Å²) >= 11 is 12.8. The molecular formula is C15H13Br2ClFNO. The van der Waals surface area contributed by atoms with Gasteiger partial charge in [-0.3, -0.25) is 0 Å². The molecule has 0 aliphatic rings. The number of nitrogens with one attached hydrogen (secondary N) is 1. The summed E-state index contributed by atoms with van der Waals surface area (Å²) in [5, 5.41) is 3.66. The minimum absolute atomic E-state index is 0.304. The van der Waals surface area contributed by atoms with Gasteiger partial charge in [0.2, 0.25) is 0 Å². The van der Waals surface area contributed by atoms with Gasteiger partial charge in [0, 0.05) is 20.6 Å². The molecule has 0 amide bonds. The molecule has 0 spiro atoms. The van der Waals surface area contributed by atoms with E-state index in [0.29, 0.717) is 20.8 Å². The third kappa shape index (κ3) is 3.59. The lowest BCUT2D eigenvalue weighted by molar-refractivity contribution is 0.402. The van der Waals surface area contributed by atoms with Crippen LogP contribution < -0.4 is 10.1 Å². The molecule has 1 atom stereocenters. The highest BCUT2D eigenvalue weighted by atomic mass is 79.9. The van der Waals surface area contributed by atoms with Gasteiger partial charge < -0.3 is 10.1 Å². The third-order valence-corrected chi connectivity index (χ3v) is 4.41. The van der Waals surface area contributed by atoms with Crippen molar-refractivity contribution in [1.82, 2.24) is 5.32 Å². The van der Waals surface area contributed by atoms with Crippen molar-refractivity contribution in [3.8, 4) is 5.75 Å². The molecule has 1 N–H and O–H groups in total. The second kappa shape index (κ2) is 7.09. The van der Waals surface area contributed by atoms with E-state index in [1.165, 1.54) is 6.07 Å². The maximum absolute atomic E-state index is 14.3. The van der Waals surface area contributed by atoms with Crippen LogP contribution in [-0.2, 0) is 0 Å². The summed E-state index contributed by atoms with van der Waals surface area (Å²) in [6.45, 7) is 0. The van der Waals surface area contributed by atoms with Gasteiger partial charge in [-0.2, -0.15) is 0 Å². The van der Waals surface area contributed by atoms with Crippen LogP contribution in [0.15, 0.2) is 39.3 Å². The van der Waals surface area contributed by atoms with E-state index in [9.17, 15) is 4.39 Å². The van der Waals surface area contributed by atoms with E-state index in [2.05, 4.69) is 37.2 Å². The standard InChI is InChI=1S/C15H13Br2ClFNO/c1-20-14(10-4-3-8(16)5-13(10)19)11-6-9(18)7-12(17)15(11)21-2/h3-7,14,20H,1-2H3. The van der Waals surface area contributed by atoms with E-state index in [4.69, 9.17) is 16.3 Å². The Hall–Kier alpha value is -0.620. The van der Waals surface area contributed by atoms with Crippen molar-refractivity contribution < 1.29 is 9.13 Å². The number of rotatable bonds is 4. The highest BCUT2D eigenvalue weighted by Crippen LogP contribution is 2.39. The summed E-state index contributed by atoms with van der Waals surface area (Å²) in [5.41, 5.74) is 1.29. The SMILES string of the molecule is CNC(c1ccc(Br)cc1F)c1cc(Cl)cc(Br)c1OC. The van der Waals surface area contributed by atoms with Crippen LogP contribution in [0.25, 0.3) is 0 Å². The molecule has 0 saturated carbocycles. The van der Waals surface area contributed by atoms with Gasteiger partial charge in [-0.15, -0.1) is 0 Å². The van der Waals surface area contributed by atoms with E-state index in [1.54, 1.807) is 38.4 Å². The van der Waals surface area contributed by atoms with Crippen molar-refractivity contribution in [3.05, 3.63) is 61.2 Å². The maximum atomic E-state index is 14.3. The first-order valence-corrected chi connectivity index (χ1v) is 8.09. The Morgan fingerprint density at radius 2 is 1.90 bits per heavy atom. The summed E-state index contributed by atoms with van der Waals surface area (Å²) in [4.78, 5) is 0. The van der Waals surface area contributed by atoms with Gasteiger partial charge in [-0.1, -0.05) is 33.6 Å². The zero-order chi connectivity index (χ0) is 15.6. The number of benzene rings is 2. The predicted octanol–water partition coefficient (Wildman–Crippen LogP) is 5.32. The molecule has 0 aromatic heterocycles. The Morgan fingerprint density at radius 3 is 2.48 bits per heavy atom. The van der Waals surface area contributed by atoms with Gasteiger partial charge in [0.25, 0.3) is 0 Å². The summed E-state index contributed by atoms with van der Waals surface area (Å²) in [5.74, 6) is 0.322. The topological polar surface area (TPSA) is 21.3 Å². The Balaban J connectivity index is 2.61. The van der Waals surface area contributed by atoms with Crippen LogP contribution in [-0.4, -0.2) is 14.2 Å². The molecule has 0 aliphatic heterocycles. The van der Waals surface area contributed by atoms with E-state index in [0.717, 1.165) is 10.0 Å². The average molecular weight is 438 g/mol. The van der Waals surface area contributed by atoms with Crippen LogP contribution >= 0.6 is 43.5 Å². The molecule has 2 rings (SSSR count). The zero-order valence-electron chi connectivity index (χ0n) is 11.4. The van der Waals surface area contributed by atoms with Crippen LogP contribution in [0.4, 0.5) is 4.39 Å². The maximum Gasteiger partial charge on any atom is 0.138 e. The summed E-state index contributed by atoms with van der Waals surface area (Å²) in [6, 6.07) is 8.11. The fraction of sp³-hybridized carbons (Fsp3) is 0.200. The first kappa shape index (κ1) is 16.7. The highest BCUT2D eigenvalue weighted by molar-refractivity contribution is 9.10. The van der Waals surface area contributed by atoms with E-state index < -0.39 is 0 Å². The Bertz CT molecular complexity index is 666. The van der Waals surface area contributed by atoms with Crippen LogP contribution in [0.2, 0.25) is 5.02 Å². The normalized spacial score (nSPS) is 12.3. The summed E-state index contributed by atoms with van der Waals surface area (Å²) < 4.78 is 21.1. The lowest BCUT2D eigenvalue weighted by atomic mass is 9.97. The van der Waals surface area contributed by atoms with Crippen LogP contribution in [0.1, 0.15) is 17.2 Å². The predicted molar refractivity (Wildman–Crippen MR) is 90.7 cm³/mol. The van der Waals surface area contributed by atoms with Crippen molar-refractivity contribution in [2.75, 3.05) is 14.2 Å². The lowest BCUT2D eigenvalue weighted by Crippen LogP contribution is -2.20. The fourth-order valence-electron chi connectivity index (χ4n) is 2.22. The fourth-order valence-corrected chi connectivity index (χ4v) is 3.55. The van der Waals surface area contributed by atoms with Crippen molar-refractivity contribution in [1.29, 1.82) is 0 Å². The molecule has 112 valence electrons. The first-order valence-electron chi connectivity index (χ1n) is 6.13. The number of halogens is 4. The minimum atomic E-state index is -0.372. The van der Waals surface area contributed by atoms with Crippen molar-refractivity contribution >= 4 is 43.5 Å². The summed E-state index contributed by atoms with van der Waals surface area (Å²) in [6.07, 6.45) is 0. The van der Waals surface area contributed by atoms with E-state index in [1.807, 2.05) is 0 Å². The molecular weight excluding hydrogens is 424 g/mol. The third-order valence-electron chi connectivity index (χ3n) is 3.11. The van der Waals surface area contributed by atoms with E-state index in [-0.39, 0.29) is 11.9 Å². The van der Waals surface area contributed by atoms with Crippen molar-refractivity contribution in [2.24, 2.45) is 0 Å². The largest absolute Gasteiger partial charge is 0.495 e. The van der Waals surface area contributed by atoms with Gasteiger partial charge in [-0.05, 0) is 47.2 Å². The average Bonchev–Trinajstić information content (AvgIpc) is 2.41. The Labute approximate surface area is 144 Å². The van der Waals surface area contributed by atoms with Crippen molar-refractivity contribution in [2.45, 2.75) is 6.04 Å². The molecule has 2 aromatic carbocycles. The first-order chi connectivity index (χ1) is 9.97. The molecule has 1 unspecified atom stereocenters. The second-order valence-electron chi connectivity index (χ2n) is 4.40. The molecule has 6 heteroatoms. The minimum Gasteiger partial charge on any atom is -0.495 e. The summed E-state index contributed by atoms with van der Waals surface area (Å²) in [7, 11) is 3.34. The zero-order valence-corrected chi connectivity index (χ0v) is 15.3. The van der Waals surface area contributed by atoms with Crippen LogP contribution in [0.3, 0.4) is 0 Å². The highest BCUT2D eigenvalue weighted by Gasteiger charge is 2.22. The van der Waals surface area contributed by atoms with Gasteiger partial charge in [0.1, 0.15) is 11.6 Å². The molecule has 0 radical (unpaired) electrons. The number of hydrogen-bond donors (Lipinski definition) is 1. The number of hydrogen-bond acceptors (Lipinski definition) is 2. The Kier molecular flexibility index (Phi) is 5.66. The van der Waals surface area contributed by atoms with Gasteiger partial charge in [0.05, 0.1) is 17.6 Å². The molecule has 0 bridgehead atoms.